The Bertz CT molecular complexity index is 629. The van der Waals surface area contributed by atoms with Crippen LogP contribution in [-0.4, -0.2) is 53.9 Å². The number of carbonyl (C=O) groups excluding carboxylic acids is 1. The van der Waals surface area contributed by atoms with Crippen LogP contribution in [0.5, 0.6) is 0 Å². The first-order chi connectivity index (χ1) is 12.8. The summed E-state index contributed by atoms with van der Waals surface area (Å²) in [6.07, 6.45) is 8.36. The molecule has 3 N–H and O–H groups in total. The lowest BCUT2D eigenvalue weighted by molar-refractivity contribution is -0.127. The van der Waals surface area contributed by atoms with Gasteiger partial charge in [-0.3, -0.25) is 4.79 Å². The lowest BCUT2D eigenvalue weighted by Crippen LogP contribution is -2.30. The molecule has 0 aromatic heterocycles. The number of aliphatic hydroxyl groups excluding tert-OH is 2. The zero-order valence-corrected chi connectivity index (χ0v) is 17.0. The summed E-state index contributed by atoms with van der Waals surface area (Å²) < 4.78 is 0. The SMILES string of the molecule is CC#CC[C@@H](C)[C@@H](O)/C=C/[C@@H]1[C@H]2CC(=CNCC(=O)N(C)C)C[C@H]2C[C@H]1O. The van der Waals surface area contributed by atoms with Crippen LogP contribution in [-0.2, 0) is 4.79 Å². The number of allylic oxidation sites excluding steroid dienone is 1. The van der Waals surface area contributed by atoms with Crippen molar-refractivity contribution < 1.29 is 15.0 Å². The summed E-state index contributed by atoms with van der Waals surface area (Å²) in [5.74, 6) is 6.98. The van der Waals surface area contributed by atoms with Gasteiger partial charge in [-0.1, -0.05) is 24.6 Å². The van der Waals surface area contributed by atoms with E-state index in [0.29, 0.717) is 24.8 Å². The molecule has 0 unspecified atom stereocenters. The average Bonchev–Trinajstić information content (AvgIpc) is 3.13. The Kier molecular flexibility index (Phi) is 7.94. The molecule has 2 fully saturated rings. The fraction of sp³-hybridized carbons (Fsp3) is 0.682. The normalized spacial score (nSPS) is 30.7. The molecule has 0 radical (unpaired) electrons. The van der Waals surface area contributed by atoms with E-state index in [1.165, 1.54) is 5.57 Å². The number of rotatable bonds is 7. The summed E-state index contributed by atoms with van der Waals surface area (Å²) in [5.41, 5.74) is 1.31. The molecular formula is C22H34N2O3. The number of carbonyl (C=O) groups is 1. The number of aliphatic hydroxyl groups is 2. The van der Waals surface area contributed by atoms with E-state index in [2.05, 4.69) is 17.2 Å². The van der Waals surface area contributed by atoms with Crippen molar-refractivity contribution in [2.45, 2.75) is 51.7 Å². The quantitative estimate of drug-likeness (QED) is 0.470. The molecule has 5 heteroatoms. The van der Waals surface area contributed by atoms with Crippen molar-refractivity contribution in [2.24, 2.45) is 23.7 Å². The third-order valence-electron chi connectivity index (χ3n) is 5.88. The summed E-state index contributed by atoms with van der Waals surface area (Å²) in [6, 6.07) is 0. The second kappa shape index (κ2) is 9.96. The number of nitrogens with zero attached hydrogens (tertiary/aromatic N) is 1. The van der Waals surface area contributed by atoms with Gasteiger partial charge in [-0.05, 0) is 50.1 Å². The van der Waals surface area contributed by atoms with Gasteiger partial charge in [0.05, 0.1) is 18.8 Å². The minimum absolute atomic E-state index is 0.0529. The Labute approximate surface area is 163 Å². The largest absolute Gasteiger partial charge is 0.392 e. The highest BCUT2D eigenvalue weighted by atomic mass is 16.3. The number of hydrogen-bond acceptors (Lipinski definition) is 4. The molecular weight excluding hydrogens is 340 g/mol. The van der Waals surface area contributed by atoms with Gasteiger partial charge in [-0.2, -0.15) is 0 Å². The monoisotopic (exact) mass is 374 g/mol. The molecule has 5 nitrogen and oxygen atoms in total. The van der Waals surface area contributed by atoms with Crippen LogP contribution in [0.3, 0.4) is 0 Å². The van der Waals surface area contributed by atoms with Gasteiger partial charge in [0.2, 0.25) is 5.91 Å². The summed E-state index contributed by atoms with van der Waals surface area (Å²) in [7, 11) is 3.50. The lowest BCUT2D eigenvalue weighted by atomic mass is 9.89. The van der Waals surface area contributed by atoms with Crippen molar-refractivity contribution in [3.63, 3.8) is 0 Å². The standard InChI is InChI=1S/C22H34N2O3/c1-5-6-7-15(2)20(25)9-8-18-19-11-16(10-17(19)12-21(18)26)13-23-14-22(27)24(3)4/h8-9,13,15,17-21,23,25-26H,7,10-12,14H2,1-4H3/b9-8+,16-13?/t15-,17+,18-,19+,20+,21-/m1/s1. The van der Waals surface area contributed by atoms with Crippen molar-refractivity contribution in [1.29, 1.82) is 0 Å². The molecule has 2 aliphatic rings. The van der Waals surface area contributed by atoms with Gasteiger partial charge in [-0.25, -0.2) is 0 Å². The van der Waals surface area contributed by atoms with E-state index in [4.69, 9.17) is 0 Å². The Morgan fingerprint density at radius 3 is 2.81 bits per heavy atom. The topological polar surface area (TPSA) is 72.8 Å². The fourth-order valence-corrected chi connectivity index (χ4v) is 4.15. The number of likely N-dealkylation sites (N-methyl/N-ethyl adjacent to an activating group) is 1. The number of hydrogen-bond donors (Lipinski definition) is 3. The Balaban J connectivity index is 1.91. The van der Waals surface area contributed by atoms with Gasteiger partial charge in [0.1, 0.15) is 0 Å². The van der Waals surface area contributed by atoms with E-state index in [-0.39, 0.29) is 23.8 Å². The summed E-state index contributed by atoms with van der Waals surface area (Å²) in [6.45, 7) is 4.10. The predicted molar refractivity (Wildman–Crippen MR) is 107 cm³/mol. The van der Waals surface area contributed by atoms with E-state index >= 15 is 0 Å². The smallest absolute Gasteiger partial charge is 0.241 e. The summed E-state index contributed by atoms with van der Waals surface area (Å²) >= 11 is 0. The lowest BCUT2D eigenvalue weighted by Gasteiger charge is -2.19. The van der Waals surface area contributed by atoms with E-state index in [9.17, 15) is 15.0 Å². The van der Waals surface area contributed by atoms with Gasteiger partial charge in [0.25, 0.3) is 0 Å². The maximum atomic E-state index is 11.6. The van der Waals surface area contributed by atoms with Crippen LogP contribution in [0.15, 0.2) is 23.9 Å². The first-order valence-electron chi connectivity index (χ1n) is 9.89. The van der Waals surface area contributed by atoms with Crippen molar-refractivity contribution in [1.82, 2.24) is 10.2 Å². The van der Waals surface area contributed by atoms with Gasteiger partial charge in [-0.15, -0.1) is 11.8 Å². The van der Waals surface area contributed by atoms with E-state index < -0.39 is 6.10 Å². The second-order valence-corrected chi connectivity index (χ2v) is 8.17. The molecule has 2 saturated carbocycles. The van der Waals surface area contributed by atoms with E-state index in [0.717, 1.165) is 19.3 Å². The molecule has 0 saturated heterocycles. The zero-order valence-electron chi connectivity index (χ0n) is 17.0. The van der Waals surface area contributed by atoms with Gasteiger partial charge < -0.3 is 20.4 Å². The number of nitrogens with one attached hydrogen (secondary N) is 1. The minimum atomic E-state index is -0.535. The minimum Gasteiger partial charge on any atom is -0.392 e. The molecule has 0 aromatic rings. The van der Waals surface area contributed by atoms with Gasteiger partial charge in [0.15, 0.2) is 0 Å². The second-order valence-electron chi connectivity index (χ2n) is 8.17. The fourth-order valence-electron chi connectivity index (χ4n) is 4.15. The van der Waals surface area contributed by atoms with Crippen molar-refractivity contribution in [3.8, 4) is 11.8 Å². The van der Waals surface area contributed by atoms with Gasteiger partial charge >= 0.3 is 0 Å². The van der Waals surface area contributed by atoms with E-state index in [1.807, 2.05) is 25.3 Å². The first kappa shape index (κ1) is 21.5. The van der Waals surface area contributed by atoms with E-state index in [1.54, 1.807) is 25.9 Å². The molecule has 1 amide bonds. The molecule has 0 bridgehead atoms. The third kappa shape index (κ3) is 5.85. The van der Waals surface area contributed by atoms with Crippen LogP contribution >= 0.6 is 0 Å². The molecule has 0 heterocycles. The molecule has 150 valence electrons. The molecule has 2 rings (SSSR count). The molecule has 0 spiro atoms. The summed E-state index contributed by atoms with van der Waals surface area (Å²) in [4.78, 5) is 13.2. The van der Waals surface area contributed by atoms with Crippen molar-refractivity contribution in [2.75, 3.05) is 20.6 Å². The predicted octanol–water partition coefficient (Wildman–Crippen LogP) is 1.92. The molecule has 0 aromatic carbocycles. The maximum Gasteiger partial charge on any atom is 0.241 e. The average molecular weight is 375 g/mol. The van der Waals surface area contributed by atoms with Crippen LogP contribution in [0.4, 0.5) is 0 Å². The Morgan fingerprint density at radius 2 is 2.15 bits per heavy atom. The number of fused-ring (bicyclic) bond motifs is 1. The Morgan fingerprint density at radius 1 is 1.41 bits per heavy atom. The molecule has 2 aliphatic carbocycles. The number of amides is 1. The van der Waals surface area contributed by atoms with Crippen LogP contribution < -0.4 is 5.32 Å². The van der Waals surface area contributed by atoms with Crippen molar-refractivity contribution in [3.05, 3.63) is 23.9 Å². The molecule has 27 heavy (non-hydrogen) atoms. The maximum absolute atomic E-state index is 11.6. The highest BCUT2D eigenvalue weighted by molar-refractivity contribution is 5.77. The first-order valence-corrected chi connectivity index (χ1v) is 9.89. The Hall–Kier alpha value is -1.77. The van der Waals surface area contributed by atoms with Crippen LogP contribution in [0.1, 0.15) is 39.5 Å². The zero-order chi connectivity index (χ0) is 20.0. The molecule has 0 aliphatic heterocycles. The molecule has 6 atom stereocenters. The van der Waals surface area contributed by atoms with Crippen LogP contribution in [0, 0.1) is 35.5 Å². The van der Waals surface area contributed by atoms with Crippen LogP contribution in [0.2, 0.25) is 0 Å². The van der Waals surface area contributed by atoms with Crippen LogP contribution in [0.25, 0.3) is 0 Å². The highest BCUT2D eigenvalue weighted by Crippen LogP contribution is 2.50. The third-order valence-corrected chi connectivity index (χ3v) is 5.88. The summed E-state index contributed by atoms with van der Waals surface area (Å²) in [5, 5.41) is 23.9. The highest BCUT2D eigenvalue weighted by Gasteiger charge is 2.45. The van der Waals surface area contributed by atoms with Gasteiger partial charge in [0, 0.05) is 26.4 Å². The van der Waals surface area contributed by atoms with Crippen molar-refractivity contribution >= 4 is 5.91 Å².